The standard InChI is InChI=1S/C20H12F4N6O2/c21-13-6-2-1-4-10(13)9-30-17-11(5-3-7-25-17)14(29-30)16-26-8-12-15(27-16)28-18(31)19(12,32)20(22,23)24/h1-8,32H,9H2,(H,26,27,28,31). The summed E-state index contributed by atoms with van der Waals surface area (Å²) in [5, 5.41) is 16.8. The van der Waals surface area contributed by atoms with Gasteiger partial charge in [-0.3, -0.25) is 4.79 Å². The van der Waals surface area contributed by atoms with Crippen LogP contribution in [0.15, 0.2) is 48.8 Å². The Morgan fingerprint density at radius 3 is 2.66 bits per heavy atom. The van der Waals surface area contributed by atoms with Crippen molar-refractivity contribution in [3.8, 4) is 11.5 Å². The van der Waals surface area contributed by atoms with E-state index in [9.17, 15) is 27.5 Å². The lowest BCUT2D eigenvalue weighted by molar-refractivity contribution is -0.252. The van der Waals surface area contributed by atoms with Crippen LogP contribution in [-0.2, 0) is 16.9 Å². The highest BCUT2D eigenvalue weighted by molar-refractivity contribution is 6.04. The van der Waals surface area contributed by atoms with Gasteiger partial charge in [-0.15, -0.1) is 0 Å². The first kappa shape index (κ1) is 20.0. The lowest BCUT2D eigenvalue weighted by Crippen LogP contribution is -2.47. The molecule has 5 rings (SSSR count). The zero-order chi connectivity index (χ0) is 22.7. The highest BCUT2D eigenvalue weighted by Crippen LogP contribution is 2.46. The molecule has 8 nitrogen and oxygen atoms in total. The first-order valence-corrected chi connectivity index (χ1v) is 9.23. The molecular formula is C20H12F4N6O2. The van der Waals surface area contributed by atoms with Crippen molar-refractivity contribution >= 4 is 22.8 Å². The minimum absolute atomic E-state index is 0.0374. The molecule has 2 N–H and O–H groups in total. The molecule has 4 aromatic rings. The number of anilines is 1. The van der Waals surface area contributed by atoms with Crippen molar-refractivity contribution in [3.63, 3.8) is 0 Å². The number of hydrogen-bond acceptors (Lipinski definition) is 6. The van der Waals surface area contributed by atoms with E-state index in [1.807, 2.05) is 5.32 Å². The SMILES string of the molecule is O=C1Nc2nc(-c3nn(Cc4ccccc4F)c4ncccc34)ncc2C1(O)C(F)(F)F. The normalized spacial score (nSPS) is 18.1. The van der Waals surface area contributed by atoms with Crippen molar-refractivity contribution in [1.82, 2.24) is 24.7 Å². The molecule has 0 aliphatic carbocycles. The largest absolute Gasteiger partial charge is 0.430 e. The molecule has 32 heavy (non-hydrogen) atoms. The maximum atomic E-state index is 14.1. The maximum absolute atomic E-state index is 14.1. The molecule has 162 valence electrons. The van der Waals surface area contributed by atoms with Crippen LogP contribution in [0, 0.1) is 5.82 Å². The first-order chi connectivity index (χ1) is 15.2. The lowest BCUT2D eigenvalue weighted by Gasteiger charge is -2.22. The van der Waals surface area contributed by atoms with E-state index in [4.69, 9.17) is 0 Å². The van der Waals surface area contributed by atoms with Gasteiger partial charge in [-0.2, -0.15) is 18.3 Å². The van der Waals surface area contributed by atoms with E-state index in [0.717, 1.165) is 6.20 Å². The number of hydrogen-bond donors (Lipinski definition) is 2. The Labute approximate surface area is 176 Å². The van der Waals surface area contributed by atoms with Crippen molar-refractivity contribution in [1.29, 1.82) is 0 Å². The third kappa shape index (κ3) is 2.83. The molecule has 1 aliphatic rings. The fourth-order valence-corrected chi connectivity index (χ4v) is 3.53. The Balaban J connectivity index is 1.62. The summed E-state index contributed by atoms with van der Waals surface area (Å²) in [6, 6.07) is 9.40. The number of nitrogens with zero attached hydrogens (tertiary/aromatic N) is 5. The summed E-state index contributed by atoms with van der Waals surface area (Å²) in [5.41, 5.74) is -3.64. The number of carbonyl (C=O) groups excluding carboxylic acids is 1. The summed E-state index contributed by atoms with van der Waals surface area (Å²) in [6.45, 7) is 0.0374. The average molecular weight is 444 g/mol. The van der Waals surface area contributed by atoms with Gasteiger partial charge in [-0.25, -0.2) is 24.0 Å². The van der Waals surface area contributed by atoms with E-state index in [1.165, 1.54) is 16.9 Å². The molecule has 1 amide bonds. The van der Waals surface area contributed by atoms with Crippen LogP contribution in [0.2, 0.25) is 0 Å². The van der Waals surface area contributed by atoms with Gasteiger partial charge in [0.1, 0.15) is 17.3 Å². The fraction of sp³-hybridized carbons (Fsp3) is 0.150. The number of amides is 1. The fourth-order valence-electron chi connectivity index (χ4n) is 3.53. The minimum atomic E-state index is -5.26. The summed E-state index contributed by atoms with van der Waals surface area (Å²) in [5.74, 6) is -2.67. The highest BCUT2D eigenvalue weighted by Gasteiger charge is 2.65. The predicted octanol–water partition coefficient (Wildman–Crippen LogP) is 2.78. The van der Waals surface area contributed by atoms with Crippen LogP contribution in [-0.4, -0.2) is 41.9 Å². The Morgan fingerprint density at radius 2 is 1.91 bits per heavy atom. The minimum Gasteiger partial charge on any atom is -0.368 e. The molecule has 0 bridgehead atoms. The van der Waals surface area contributed by atoms with E-state index in [2.05, 4.69) is 20.1 Å². The van der Waals surface area contributed by atoms with E-state index in [0.29, 0.717) is 16.6 Å². The zero-order valence-electron chi connectivity index (χ0n) is 15.9. The van der Waals surface area contributed by atoms with Gasteiger partial charge in [0.2, 0.25) is 0 Å². The molecule has 0 fully saturated rings. The number of aliphatic hydroxyl groups is 1. The average Bonchev–Trinajstić information content (AvgIpc) is 3.25. The van der Waals surface area contributed by atoms with Crippen LogP contribution in [0.3, 0.4) is 0 Å². The summed E-state index contributed by atoms with van der Waals surface area (Å²) < 4.78 is 55.5. The number of fused-ring (bicyclic) bond motifs is 2. The monoisotopic (exact) mass is 444 g/mol. The second kappa shape index (κ2) is 6.79. The summed E-state index contributed by atoms with van der Waals surface area (Å²) in [7, 11) is 0. The predicted molar refractivity (Wildman–Crippen MR) is 103 cm³/mol. The van der Waals surface area contributed by atoms with Gasteiger partial charge in [-0.05, 0) is 18.2 Å². The topological polar surface area (TPSA) is 106 Å². The Morgan fingerprint density at radius 1 is 1.12 bits per heavy atom. The van der Waals surface area contributed by atoms with E-state index < -0.39 is 34.9 Å². The van der Waals surface area contributed by atoms with Gasteiger partial charge in [0.15, 0.2) is 11.5 Å². The van der Waals surface area contributed by atoms with Crippen LogP contribution in [0.25, 0.3) is 22.6 Å². The van der Waals surface area contributed by atoms with Crippen LogP contribution in [0.5, 0.6) is 0 Å². The van der Waals surface area contributed by atoms with Gasteiger partial charge in [0.05, 0.1) is 17.5 Å². The molecule has 12 heteroatoms. The third-order valence-corrected chi connectivity index (χ3v) is 5.15. The van der Waals surface area contributed by atoms with Crippen molar-refractivity contribution in [2.75, 3.05) is 5.32 Å². The number of benzene rings is 1. The van der Waals surface area contributed by atoms with E-state index in [1.54, 1.807) is 30.3 Å². The molecule has 0 saturated carbocycles. The van der Waals surface area contributed by atoms with Crippen LogP contribution < -0.4 is 5.32 Å². The molecule has 0 radical (unpaired) electrons. The number of halogens is 4. The van der Waals surface area contributed by atoms with Crippen LogP contribution in [0.4, 0.5) is 23.4 Å². The first-order valence-electron chi connectivity index (χ1n) is 9.23. The number of rotatable bonds is 3. The third-order valence-electron chi connectivity index (χ3n) is 5.15. The maximum Gasteiger partial charge on any atom is 0.430 e. The second-order valence-electron chi connectivity index (χ2n) is 7.09. The molecule has 4 heterocycles. The quantitative estimate of drug-likeness (QED) is 0.471. The van der Waals surface area contributed by atoms with E-state index in [-0.39, 0.29) is 18.1 Å². The number of aromatic nitrogens is 5. The number of alkyl halides is 3. The van der Waals surface area contributed by atoms with Crippen molar-refractivity contribution in [2.45, 2.75) is 18.3 Å². The van der Waals surface area contributed by atoms with Gasteiger partial charge in [0.25, 0.3) is 11.5 Å². The molecule has 1 unspecified atom stereocenters. The molecule has 1 atom stereocenters. The van der Waals surface area contributed by atoms with Crippen LogP contribution >= 0.6 is 0 Å². The molecule has 0 spiro atoms. The zero-order valence-corrected chi connectivity index (χ0v) is 15.9. The Hall–Kier alpha value is -3.93. The molecule has 3 aromatic heterocycles. The molecule has 1 aromatic carbocycles. The summed E-state index contributed by atoms with van der Waals surface area (Å²) in [4.78, 5) is 24.0. The summed E-state index contributed by atoms with van der Waals surface area (Å²) in [6.07, 6.45) is -3.01. The molecule has 0 saturated heterocycles. The van der Waals surface area contributed by atoms with Crippen molar-refractivity contribution in [3.05, 3.63) is 65.7 Å². The highest BCUT2D eigenvalue weighted by atomic mass is 19.4. The van der Waals surface area contributed by atoms with Gasteiger partial charge in [0, 0.05) is 18.0 Å². The Bertz CT molecular complexity index is 1390. The van der Waals surface area contributed by atoms with E-state index >= 15 is 0 Å². The number of carbonyl (C=O) groups is 1. The lowest BCUT2D eigenvalue weighted by atomic mass is 9.97. The number of nitrogens with one attached hydrogen (secondary N) is 1. The Kier molecular flexibility index (Phi) is 4.24. The van der Waals surface area contributed by atoms with Crippen molar-refractivity contribution < 1.29 is 27.5 Å². The van der Waals surface area contributed by atoms with Crippen molar-refractivity contribution in [2.24, 2.45) is 0 Å². The second-order valence-corrected chi connectivity index (χ2v) is 7.09. The summed E-state index contributed by atoms with van der Waals surface area (Å²) >= 11 is 0. The molecule has 1 aliphatic heterocycles. The number of pyridine rings is 1. The van der Waals surface area contributed by atoms with Crippen LogP contribution in [0.1, 0.15) is 11.1 Å². The van der Waals surface area contributed by atoms with Gasteiger partial charge >= 0.3 is 6.18 Å². The smallest absolute Gasteiger partial charge is 0.368 e. The van der Waals surface area contributed by atoms with Gasteiger partial charge in [-0.1, -0.05) is 18.2 Å². The van der Waals surface area contributed by atoms with Gasteiger partial charge < -0.3 is 10.4 Å². The molecular weight excluding hydrogens is 432 g/mol.